The number of halogens is 1. The Labute approximate surface area is 204 Å². The third-order valence-corrected chi connectivity index (χ3v) is 5.90. The summed E-state index contributed by atoms with van der Waals surface area (Å²) in [7, 11) is 3.72. The Bertz CT molecular complexity index is 1190. The van der Waals surface area contributed by atoms with Crippen LogP contribution in [0.5, 0.6) is 0 Å². The minimum Gasteiger partial charge on any atom is -0.382 e. The zero-order chi connectivity index (χ0) is 24.8. The fraction of sp³-hybridized carbons (Fsp3) is 0.435. The molecule has 2 aromatic heterocycles. The first-order valence-electron chi connectivity index (χ1n) is 11.3. The van der Waals surface area contributed by atoms with Crippen LogP contribution in [0, 0.1) is 0 Å². The van der Waals surface area contributed by atoms with E-state index in [1.807, 2.05) is 46.1 Å². The lowest BCUT2D eigenvalue weighted by atomic mass is 10.1. The third-order valence-electron chi connectivity index (χ3n) is 5.72. The molecular formula is C23H32ClN8O2+. The number of nitrogen functional groups attached to an aromatic ring is 1. The minimum absolute atomic E-state index is 0.0103. The first-order valence-corrected chi connectivity index (χ1v) is 11.7. The van der Waals surface area contributed by atoms with Crippen molar-refractivity contribution in [3.8, 4) is 0 Å². The van der Waals surface area contributed by atoms with Gasteiger partial charge in [-0.3, -0.25) is 9.59 Å². The van der Waals surface area contributed by atoms with E-state index in [-0.39, 0.29) is 29.1 Å². The SMILES string of the molecule is CCn1c(CNC(=O)c2nc(Cl)cnc2N)[n+](CC)c2ccc(C(=O)N(C)CCCNC)cc21. The second-order valence-electron chi connectivity index (χ2n) is 7.90. The monoisotopic (exact) mass is 487 g/mol. The lowest BCUT2D eigenvalue weighted by Crippen LogP contribution is -2.40. The fourth-order valence-corrected chi connectivity index (χ4v) is 4.16. The molecule has 0 saturated carbocycles. The molecule has 0 saturated heterocycles. The predicted octanol–water partition coefficient (Wildman–Crippen LogP) is 1.61. The van der Waals surface area contributed by atoms with E-state index in [9.17, 15) is 9.59 Å². The van der Waals surface area contributed by atoms with Crippen LogP contribution in [0.2, 0.25) is 5.15 Å². The number of carbonyl (C=O) groups excluding carboxylic acids is 2. The largest absolute Gasteiger partial charge is 0.382 e. The molecule has 0 aliphatic rings. The molecule has 0 bridgehead atoms. The number of amides is 2. The summed E-state index contributed by atoms with van der Waals surface area (Å²) in [5, 5.41) is 6.07. The van der Waals surface area contributed by atoms with Crippen LogP contribution in [0.1, 0.15) is 46.9 Å². The van der Waals surface area contributed by atoms with E-state index in [4.69, 9.17) is 17.3 Å². The summed E-state index contributed by atoms with van der Waals surface area (Å²) in [4.78, 5) is 35.3. The van der Waals surface area contributed by atoms with E-state index >= 15 is 0 Å². The Morgan fingerprint density at radius 2 is 2.06 bits per heavy atom. The van der Waals surface area contributed by atoms with Crippen LogP contribution in [-0.4, -0.2) is 58.4 Å². The number of aryl methyl sites for hydroxylation is 2. The van der Waals surface area contributed by atoms with Crippen LogP contribution < -0.4 is 20.9 Å². The van der Waals surface area contributed by atoms with Gasteiger partial charge >= 0.3 is 0 Å². The molecule has 0 fully saturated rings. The molecule has 3 rings (SSSR count). The van der Waals surface area contributed by atoms with Gasteiger partial charge in [0.25, 0.3) is 17.6 Å². The Morgan fingerprint density at radius 1 is 1.29 bits per heavy atom. The summed E-state index contributed by atoms with van der Waals surface area (Å²) >= 11 is 5.87. The van der Waals surface area contributed by atoms with E-state index in [1.54, 1.807) is 4.90 Å². The molecule has 0 radical (unpaired) electrons. The standard InChI is InChI=1S/C23H31ClN8O2/c1-5-31-16-9-8-15(23(34)30(4)11-7-10-26-3)12-17(16)32(6-2)19(31)14-28-22(33)20-21(25)27-13-18(24)29-20/h8-9,12-13,26H,5-7,10-11,14H2,1-4H3,(H2-,25,27,28,33)/p+1. The normalized spacial score (nSPS) is 11.1. The van der Waals surface area contributed by atoms with Crippen molar-refractivity contribution in [2.75, 3.05) is 32.9 Å². The third kappa shape index (κ3) is 5.28. The molecule has 1 aromatic carbocycles. The molecule has 0 unspecified atom stereocenters. The topological polar surface area (TPSA) is 122 Å². The average molecular weight is 488 g/mol. The lowest BCUT2D eigenvalue weighted by molar-refractivity contribution is -0.676. The van der Waals surface area contributed by atoms with Gasteiger partial charge in [-0.15, -0.1) is 0 Å². The summed E-state index contributed by atoms with van der Waals surface area (Å²) in [5.74, 6) is 0.439. The van der Waals surface area contributed by atoms with Crippen LogP contribution in [0.4, 0.5) is 5.82 Å². The number of aromatic nitrogens is 4. The maximum Gasteiger partial charge on any atom is 0.277 e. The molecule has 10 nitrogen and oxygen atoms in total. The molecule has 0 spiro atoms. The highest BCUT2D eigenvalue weighted by Gasteiger charge is 2.26. The highest BCUT2D eigenvalue weighted by atomic mass is 35.5. The van der Waals surface area contributed by atoms with Gasteiger partial charge in [0.15, 0.2) is 22.5 Å². The number of benzene rings is 1. The number of carbonyl (C=O) groups is 2. The number of nitrogens with one attached hydrogen (secondary N) is 2. The smallest absolute Gasteiger partial charge is 0.277 e. The van der Waals surface area contributed by atoms with Gasteiger partial charge < -0.3 is 21.3 Å². The molecule has 0 aliphatic heterocycles. The molecule has 2 amide bonds. The summed E-state index contributed by atoms with van der Waals surface area (Å²) in [6.07, 6.45) is 2.18. The molecule has 182 valence electrons. The first kappa shape index (κ1) is 25.4. The van der Waals surface area contributed by atoms with Gasteiger partial charge in [-0.2, -0.15) is 0 Å². The average Bonchev–Trinajstić information content (AvgIpc) is 3.15. The van der Waals surface area contributed by atoms with Crippen molar-refractivity contribution in [3.63, 3.8) is 0 Å². The number of hydrogen-bond donors (Lipinski definition) is 3. The van der Waals surface area contributed by atoms with E-state index in [2.05, 4.69) is 29.7 Å². The maximum atomic E-state index is 13.0. The van der Waals surface area contributed by atoms with Crippen LogP contribution in [0.3, 0.4) is 0 Å². The summed E-state index contributed by atoms with van der Waals surface area (Å²) in [5.41, 5.74) is 8.35. The summed E-state index contributed by atoms with van der Waals surface area (Å²) in [6, 6.07) is 5.75. The lowest BCUT2D eigenvalue weighted by Gasteiger charge is -2.16. The number of hydrogen-bond acceptors (Lipinski definition) is 6. The van der Waals surface area contributed by atoms with E-state index in [0.717, 1.165) is 29.8 Å². The van der Waals surface area contributed by atoms with E-state index in [0.29, 0.717) is 25.2 Å². The molecule has 34 heavy (non-hydrogen) atoms. The zero-order valence-corrected chi connectivity index (χ0v) is 20.8. The van der Waals surface area contributed by atoms with Gasteiger partial charge in [0.2, 0.25) is 0 Å². The number of anilines is 1. The summed E-state index contributed by atoms with van der Waals surface area (Å²) < 4.78 is 4.22. The number of fused-ring (bicyclic) bond motifs is 1. The van der Waals surface area contributed by atoms with Crippen molar-refractivity contribution < 1.29 is 14.2 Å². The number of nitrogens with two attached hydrogens (primary N) is 1. The predicted molar refractivity (Wildman–Crippen MR) is 132 cm³/mol. The van der Waals surface area contributed by atoms with Gasteiger partial charge in [0, 0.05) is 25.2 Å². The Kier molecular flexibility index (Phi) is 8.41. The molecule has 4 N–H and O–H groups in total. The number of rotatable bonds is 10. The molecule has 3 aromatic rings. The Balaban J connectivity index is 1.90. The number of nitrogens with zero attached hydrogens (tertiary/aromatic N) is 5. The molecule has 0 aliphatic carbocycles. The van der Waals surface area contributed by atoms with E-state index in [1.165, 1.54) is 6.20 Å². The Hall–Kier alpha value is -3.24. The van der Waals surface area contributed by atoms with Gasteiger partial charge in [-0.1, -0.05) is 11.6 Å². The van der Waals surface area contributed by atoms with Crippen LogP contribution >= 0.6 is 11.6 Å². The second kappa shape index (κ2) is 11.3. The van der Waals surface area contributed by atoms with Gasteiger partial charge in [0.05, 0.1) is 19.3 Å². The minimum atomic E-state index is -0.456. The molecule has 2 heterocycles. The highest BCUT2D eigenvalue weighted by Crippen LogP contribution is 2.19. The highest BCUT2D eigenvalue weighted by molar-refractivity contribution is 6.29. The number of imidazole rings is 1. The van der Waals surface area contributed by atoms with E-state index < -0.39 is 5.91 Å². The van der Waals surface area contributed by atoms with Crippen molar-refractivity contribution in [1.29, 1.82) is 0 Å². The van der Waals surface area contributed by atoms with Gasteiger partial charge in [0.1, 0.15) is 11.7 Å². The summed E-state index contributed by atoms with van der Waals surface area (Å²) in [6.45, 7) is 7.22. The van der Waals surface area contributed by atoms with Crippen molar-refractivity contribution in [1.82, 2.24) is 30.1 Å². The maximum absolute atomic E-state index is 13.0. The quantitative estimate of drug-likeness (QED) is 0.295. The first-order chi connectivity index (χ1) is 16.3. The molecule has 0 atom stereocenters. The second-order valence-corrected chi connectivity index (χ2v) is 8.29. The molecule has 11 heteroatoms. The Morgan fingerprint density at radius 3 is 2.74 bits per heavy atom. The van der Waals surface area contributed by atoms with Crippen molar-refractivity contribution >= 4 is 40.3 Å². The fourth-order valence-electron chi connectivity index (χ4n) is 4.02. The van der Waals surface area contributed by atoms with Crippen LogP contribution in [-0.2, 0) is 19.6 Å². The van der Waals surface area contributed by atoms with Crippen molar-refractivity contribution in [2.45, 2.75) is 39.9 Å². The molecular weight excluding hydrogens is 456 g/mol. The zero-order valence-electron chi connectivity index (χ0n) is 20.1. The van der Waals surface area contributed by atoms with Crippen LogP contribution in [0.15, 0.2) is 24.4 Å². The van der Waals surface area contributed by atoms with Crippen molar-refractivity contribution in [2.24, 2.45) is 0 Å². The van der Waals surface area contributed by atoms with Crippen LogP contribution in [0.25, 0.3) is 11.0 Å². The van der Waals surface area contributed by atoms with Crippen molar-refractivity contribution in [3.05, 3.63) is 46.6 Å². The van der Waals surface area contributed by atoms with Gasteiger partial charge in [-0.05, 0) is 46.0 Å². The van der Waals surface area contributed by atoms with Gasteiger partial charge in [-0.25, -0.2) is 19.1 Å².